The molecule has 1 N–H and O–H groups in total. The van der Waals surface area contributed by atoms with Gasteiger partial charge in [-0.3, -0.25) is 9.36 Å². The zero-order chi connectivity index (χ0) is 24.3. The van der Waals surface area contributed by atoms with E-state index in [0.717, 1.165) is 34.7 Å². The summed E-state index contributed by atoms with van der Waals surface area (Å²) in [7, 11) is 0. The van der Waals surface area contributed by atoms with Gasteiger partial charge in [0.1, 0.15) is 17.2 Å². The Hall–Kier alpha value is -4.64. The Morgan fingerprint density at radius 2 is 1.53 bits per heavy atom. The van der Waals surface area contributed by atoms with Crippen LogP contribution >= 0.6 is 0 Å². The van der Waals surface area contributed by atoms with Gasteiger partial charge in [0.15, 0.2) is 0 Å². The maximum absolute atomic E-state index is 13.1. The molecule has 5 aromatic rings. The third-order valence-electron chi connectivity index (χ3n) is 6.50. The molecule has 176 valence electrons. The van der Waals surface area contributed by atoms with Crippen molar-refractivity contribution in [1.29, 1.82) is 0 Å². The first-order valence-electron chi connectivity index (χ1n) is 12.1. The summed E-state index contributed by atoms with van der Waals surface area (Å²) in [6, 6.07) is 36.3. The Morgan fingerprint density at radius 3 is 2.31 bits per heavy atom. The standard InChI is InChI=1S/C31H25N3O2/c35-31(33-29-19-28(29)23-8-3-1-4-9-23)30-20-32-21-34(30)25-11-7-10-24(18-25)22-14-16-27(17-15-22)36-26-12-5-2-6-13-26/h1-18,20-21,28-29H,19H2,(H,33,35)/t28-,29+/m1/s1. The number of hydrogen-bond acceptors (Lipinski definition) is 3. The van der Waals surface area contributed by atoms with Crippen LogP contribution in [0.15, 0.2) is 122 Å². The second-order valence-electron chi connectivity index (χ2n) is 8.97. The molecule has 1 amide bonds. The van der Waals surface area contributed by atoms with Gasteiger partial charge in [-0.15, -0.1) is 0 Å². The second kappa shape index (κ2) is 9.55. The number of nitrogens with zero attached hydrogens (tertiary/aromatic N) is 2. The minimum absolute atomic E-state index is 0.108. The summed E-state index contributed by atoms with van der Waals surface area (Å²) >= 11 is 0. The average Bonchev–Trinajstić information content (AvgIpc) is 3.51. The van der Waals surface area contributed by atoms with Gasteiger partial charge in [0.05, 0.1) is 12.5 Å². The summed E-state index contributed by atoms with van der Waals surface area (Å²) in [6.45, 7) is 0. The van der Waals surface area contributed by atoms with Gasteiger partial charge >= 0.3 is 0 Å². The van der Waals surface area contributed by atoms with Crippen molar-refractivity contribution in [2.45, 2.75) is 18.4 Å². The topological polar surface area (TPSA) is 56.2 Å². The van der Waals surface area contributed by atoms with E-state index in [9.17, 15) is 4.79 Å². The van der Waals surface area contributed by atoms with Crippen LogP contribution in [0, 0.1) is 0 Å². The van der Waals surface area contributed by atoms with Crippen molar-refractivity contribution in [3.63, 3.8) is 0 Å². The van der Waals surface area contributed by atoms with Crippen molar-refractivity contribution in [2.24, 2.45) is 0 Å². The number of ether oxygens (including phenoxy) is 1. The minimum Gasteiger partial charge on any atom is -0.457 e. The van der Waals surface area contributed by atoms with Gasteiger partial charge in [0, 0.05) is 17.6 Å². The van der Waals surface area contributed by atoms with Gasteiger partial charge in [-0.2, -0.15) is 0 Å². The van der Waals surface area contributed by atoms with Crippen molar-refractivity contribution < 1.29 is 9.53 Å². The number of carbonyl (C=O) groups excluding carboxylic acids is 1. The van der Waals surface area contributed by atoms with Crippen LogP contribution in [0.1, 0.15) is 28.4 Å². The van der Waals surface area contributed by atoms with E-state index in [-0.39, 0.29) is 11.9 Å². The molecule has 0 aliphatic heterocycles. The monoisotopic (exact) mass is 471 g/mol. The van der Waals surface area contributed by atoms with Gasteiger partial charge < -0.3 is 10.1 Å². The first-order chi connectivity index (χ1) is 17.7. The third kappa shape index (κ3) is 4.64. The lowest BCUT2D eigenvalue weighted by Crippen LogP contribution is -2.28. The van der Waals surface area contributed by atoms with Crippen LogP contribution in [0.5, 0.6) is 11.5 Å². The molecule has 1 aliphatic carbocycles. The van der Waals surface area contributed by atoms with E-state index in [0.29, 0.717) is 11.6 Å². The molecule has 0 saturated heterocycles. The number of rotatable bonds is 7. The molecule has 0 radical (unpaired) electrons. The van der Waals surface area contributed by atoms with E-state index in [1.807, 2.05) is 89.5 Å². The van der Waals surface area contributed by atoms with Crippen molar-refractivity contribution in [1.82, 2.24) is 14.9 Å². The van der Waals surface area contributed by atoms with Crippen LogP contribution in [0.2, 0.25) is 0 Å². The lowest BCUT2D eigenvalue weighted by atomic mass is 10.0. The average molecular weight is 472 g/mol. The molecule has 2 atom stereocenters. The van der Waals surface area contributed by atoms with Gasteiger partial charge in [-0.05, 0) is 59.5 Å². The molecule has 1 saturated carbocycles. The SMILES string of the molecule is O=C(N[C@H]1C[C@@H]1c1ccccc1)c1cncn1-c1cccc(-c2ccc(Oc3ccccc3)cc2)c1. The molecule has 1 heterocycles. The first kappa shape index (κ1) is 21.9. The molecule has 1 aromatic heterocycles. The van der Waals surface area contributed by atoms with E-state index < -0.39 is 0 Å². The number of aromatic nitrogens is 2. The summed E-state index contributed by atoms with van der Waals surface area (Å²) < 4.78 is 7.75. The molecule has 1 aliphatic rings. The quantitative estimate of drug-likeness (QED) is 0.290. The van der Waals surface area contributed by atoms with E-state index in [4.69, 9.17) is 4.74 Å². The fourth-order valence-electron chi connectivity index (χ4n) is 4.51. The Labute approximate surface area is 210 Å². The number of benzene rings is 4. The highest BCUT2D eigenvalue weighted by Crippen LogP contribution is 2.40. The van der Waals surface area contributed by atoms with Gasteiger partial charge in [0.2, 0.25) is 0 Å². The normalized spacial score (nSPS) is 16.3. The Morgan fingerprint density at radius 1 is 0.806 bits per heavy atom. The molecule has 4 aromatic carbocycles. The van der Waals surface area contributed by atoms with Crippen molar-refractivity contribution in [3.05, 3.63) is 133 Å². The molecule has 0 unspecified atom stereocenters. The molecule has 36 heavy (non-hydrogen) atoms. The predicted octanol–water partition coefficient (Wildman–Crippen LogP) is 6.62. The number of imidazole rings is 1. The van der Waals surface area contributed by atoms with E-state index in [1.165, 1.54) is 5.56 Å². The molecular formula is C31H25N3O2. The molecule has 5 heteroatoms. The molecule has 5 nitrogen and oxygen atoms in total. The number of amides is 1. The zero-order valence-corrected chi connectivity index (χ0v) is 19.6. The molecule has 0 spiro atoms. The van der Waals surface area contributed by atoms with Crippen LogP contribution in [-0.2, 0) is 0 Å². The third-order valence-corrected chi connectivity index (χ3v) is 6.50. The molecule has 6 rings (SSSR count). The smallest absolute Gasteiger partial charge is 0.270 e. The highest BCUT2D eigenvalue weighted by atomic mass is 16.5. The molecule has 1 fully saturated rings. The van der Waals surface area contributed by atoms with Crippen LogP contribution in [0.3, 0.4) is 0 Å². The lowest BCUT2D eigenvalue weighted by Gasteiger charge is -2.11. The largest absolute Gasteiger partial charge is 0.457 e. The first-order valence-corrected chi connectivity index (χ1v) is 12.1. The fourth-order valence-corrected chi connectivity index (χ4v) is 4.51. The summed E-state index contributed by atoms with van der Waals surface area (Å²) in [5.41, 5.74) is 4.79. The van der Waals surface area contributed by atoms with Crippen LogP contribution in [-0.4, -0.2) is 21.5 Å². The van der Waals surface area contributed by atoms with Crippen LogP contribution in [0.25, 0.3) is 16.8 Å². The summed E-state index contributed by atoms with van der Waals surface area (Å²) in [5.74, 6) is 1.86. The van der Waals surface area contributed by atoms with E-state index in [1.54, 1.807) is 12.5 Å². The van der Waals surface area contributed by atoms with Gasteiger partial charge in [-0.25, -0.2) is 4.98 Å². The fraction of sp³-hybridized carbons (Fsp3) is 0.0968. The minimum atomic E-state index is -0.108. The second-order valence-corrected chi connectivity index (χ2v) is 8.97. The maximum atomic E-state index is 13.1. The maximum Gasteiger partial charge on any atom is 0.270 e. The summed E-state index contributed by atoms with van der Waals surface area (Å²) in [5, 5.41) is 3.17. The van der Waals surface area contributed by atoms with Gasteiger partial charge in [0.25, 0.3) is 5.91 Å². The number of para-hydroxylation sites is 1. The number of carbonyl (C=O) groups is 1. The van der Waals surface area contributed by atoms with E-state index >= 15 is 0 Å². The summed E-state index contributed by atoms with van der Waals surface area (Å²) in [4.78, 5) is 17.3. The number of hydrogen-bond donors (Lipinski definition) is 1. The lowest BCUT2D eigenvalue weighted by molar-refractivity contribution is 0.0943. The Bertz CT molecular complexity index is 1480. The molecule has 0 bridgehead atoms. The van der Waals surface area contributed by atoms with Crippen molar-refractivity contribution >= 4 is 5.91 Å². The number of nitrogens with one attached hydrogen (secondary N) is 1. The van der Waals surface area contributed by atoms with Crippen LogP contribution in [0.4, 0.5) is 0 Å². The van der Waals surface area contributed by atoms with Crippen molar-refractivity contribution in [2.75, 3.05) is 0 Å². The zero-order valence-electron chi connectivity index (χ0n) is 19.6. The van der Waals surface area contributed by atoms with E-state index in [2.05, 4.69) is 34.6 Å². The van der Waals surface area contributed by atoms with Crippen LogP contribution < -0.4 is 10.1 Å². The molecular weight excluding hydrogens is 446 g/mol. The van der Waals surface area contributed by atoms with Crippen molar-refractivity contribution in [3.8, 4) is 28.3 Å². The highest BCUT2D eigenvalue weighted by Gasteiger charge is 2.39. The Balaban J connectivity index is 1.17. The summed E-state index contributed by atoms with van der Waals surface area (Å²) in [6.07, 6.45) is 4.27. The van der Waals surface area contributed by atoms with Gasteiger partial charge in [-0.1, -0.05) is 72.8 Å². The predicted molar refractivity (Wildman–Crippen MR) is 141 cm³/mol. The highest BCUT2D eigenvalue weighted by molar-refractivity contribution is 5.93. The Kier molecular flexibility index (Phi) is 5.80.